The fourth-order valence-corrected chi connectivity index (χ4v) is 4.32. The molecular formula is C20H22N6O2S. The Balaban J connectivity index is 1.41. The van der Waals surface area contributed by atoms with Crippen LogP contribution in [0.2, 0.25) is 0 Å². The van der Waals surface area contributed by atoms with Gasteiger partial charge in [-0.1, -0.05) is 18.6 Å². The van der Waals surface area contributed by atoms with Gasteiger partial charge >= 0.3 is 0 Å². The number of benzene rings is 1. The van der Waals surface area contributed by atoms with Gasteiger partial charge in [0.1, 0.15) is 0 Å². The summed E-state index contributed by atoms with van der Waals surface area (Å²) >= 11 is 1.62. The molecule has 1 aromatic carbocycles. The Bertz CT molecular complexity index is 991. The molecule has 1 atom stereocenters. The molecular weight excluding hydrogens is 388 g/mol. The Labute approximate surface area is 172 Å². The lowest BCUT2D eigenvalue weighted by molar-refractivity contribution is -0.384. The summed E-state index contributed by atoms with van der Waals surface area (Å²) in [7, 11) is 0. The molecule has 0 amide bonds. The highest BCUT2D eigenvalue weighted by molar-refractivity contribution is 7.15. The first kappa shape index (κ1) is 19.4. The third-order valence-electron chi connectivity index (χ3n) is 5.11. The summed E-state index contributed by atoms with van der Waals surface area (Å²) in [6.07, 6.45) is 5.76. The summed E-state index contributed by atoms with van der Waals surface area (Å²) in [5.41, 5.74) is 1.27. The van der Waals surface area contributed by atoms with Gasteiger partial charge in [0.25, 0.3) is 5.69 Å². The molecule has 1 N–H and O–H groups in total. The predicted octanol–water partition coefficient (Wildman–Crippen LogP) is 4.63. The highest BCUT2D eigenvalue weighted by atomic mass is 32.1. The van der Waals surface area contributed by atoms with Gasteiger partial charge in [0.15, 0.2) is 10.9 Å². The number of likely N-dealkylation sites (tertiary alicyclic amines) is 1. The molecule has 1 fully saturated rings. The van der Waals surface area contributed by atoms with Gasteiger partial charge in [-0.3, -0.25) is 15.0 Å². The van der Waals surface area contributed by atoms with E-state index in [9.17, 15) is 10.1 Å². The molecule has 1 aliphatic rings. The van der Waals surface area contributed by atoms with Crippen LogP contribution in [0.4, 0.5) is 16.6 Å². The molecule has 3 aromatic rings. The predicted molar refractivity (Wildman–Crippen MR) is 113 cm³/mol. The Hall–Kier alpha value is -2.91. The lowest BCUT2D eigenvalue weighted by Gasteiger charge is -2.32. The summed E-state index contributed by atoms with van der Waals surface area (Å²) in [6.45, 7) is 4.36. The van der Waals surface area contributed by atoms with Crippen molar-refractivity contribution < 1.29 is 4.92 Å². The number of nitro groups is 1. The lowest BCUT2D eigenvalue weighted by atomic mass is 10.0. The van der Waals surface area contributed by atoms with Crippen molar-refractivity contribution in [1.82, 2.24) is 20.1 Å². The molecule has 0 saturated carbocycles. The van der Waals surface area contributed by atoms with Crippen molar-refractivity contribution in [2.45, 2.75) is 38.8 Å². The molecule has 3 heterocycles. The first-order valence-electron chi connectivity index (χ1n) is 9.63. The van der Waals surface area contributed by atoms with Gasteiger partial charge in [0, 0.05) is 41.4 Å². The zero-order chi connectivity index (χ0) is 20.2. The molecule has 1 unspecified atom stereocenters. The number of rotatable bonds is 6. The van der Waals surface area contributed by atoms with Gasteiger partial charge in [0.2, 0.25) is 0 Å². The Morgan fingerprint density at radius 3 is 2.93 bits per heavy atom. The van der Waals surface area contributed by atoms with Gasteiger partial charge in [0.05, 0.1) is 10.6 Å². The number of piperidine rings is 1. The van der Waals surface area contributed by atoms with E-state index in [4.69, 9.17) is 0 Å². The van der Waals surface area contributed by atoms with Crippen LogP contribution in [0.15, 0.2) is 42.6 Å². The lowest BCUT2D eigenvalue weighted by Crippen LogP contribution is -2.36. The molecule has 9 heteroatoms. The molecule has 1 aliphatic heterocycles. The molecule has 150 valence electrons. The van der Waals surface area contributed by atoms with Gasteiger partial charge < -0.3 is 5.32 Å². The number of non-ortho nitro benzene ring substituents is 1. The van der Waals surface area contributed by atoms with Crippen molar-refractivity contribution in [2.24, 2.45) is 0 Å². The van der Waals surface area contributed by atoms with Gasteiger partial charge in [-0.05, 0) is 38.4 Å². The number of nitro benzene ring substituents is 1. The fraction of sp³-hybridized carbons (Fsp3) is 0.350. The smallest absolute Gasteiger partial charge is 0.270 e. The average molecular weight is 411 g/mol. The topological polar surface area (TPSA) is 97.1 Å². The molecule has 29 heavy (non-hydrogen) atoms. The van der Waals surface area contributed by atoms with Crippen molar-refractivity contribution in [3.63, 3.8) is 0 Å². The van der Waals surface area contributed by atoms with E-state index in [2.05, 4.69) is 32.3 Å². The molecule has 1 saturated heterocycles. The van der Waals surface area contributed by atoms with Crippen molar-refractivity contribution >= 4 is 28.0 Å². The Morgan fingerprint density at radius 2 is 2.17 bits per heavy atom. The van der Waals surface area contributed by atoms with Crippen molar-refractivity contribution in [3.05, 3.63) is 57.6 Å². The minimum Gasteiger partial charge on any atom is -0.315 e. The van der Waals surface area contributed by atoms with Crippen molar-refractivity contribution in [1.29, 1.82) is 0 Å². The van der Waals surface area contributed by atoms with Crippen molar-refractivity contribution in [3.8, 4) is 11.3 Å². The Morgan fingerprint density at radius 1 is 1.28 bits per heavy atom. The van der Waals surface area contributed by atoms with Crippen LogP contribution in [0.25, 0.3) is 11.3 Å². The first-order valence-corrected chi connectivity index (χ1v) is 10.4. The van der Waals surface area contributed by atoms with E-state index in [0.717, 1.165) is 18.2 Å². The molecule has 0 spiro atoms. The van der Waals surface area contributed by atoms with Crippen LogP contribution in [0.5, 0.6) is 0 Å². The van der Waals surface area contributed by atoms with E-state index in [0.29, 0.717) is 23.1 Å². The van der Waals surface area contributed by atoms with E-state index in [1.807, 2.05) is 6.20 Å². The quantitative estimate of drug-likeness (QED) is 0.467. The number of nitrogens with one attached hydrogen (secondary N) is 1. The van der Waals surface area contributed by atoms with E-state index in [-0.39, 0.29) is 5.69 Å². The standard InChI is InChI=1S/C20H22N6O2S/c1-14-5-2-3-10-25(14)13-17-12-21-20(29-17)22-19-9-8-18(23-24-19)15-6-4-7-16(11-15)26(27)28/h4,6-9,11-12,14H,2-3,5,10,13H2,1H3,(H,21,22,24). The minimum absolute atomic E-state index is 0.0323. The van der Waals surface area contributed by atoms with Crippen LogP contribution >= 0.6 is 11.3 Å². The summed E-state index contributed by atoms with van der Waals surface area (Å²) in [4.78, 5) is 18.7. The summed E-state index contributed by atoms with van der Waals surface area (Å²) in [5.74, 6) is 0.589. The zero-order valence-electron chi connectivity index (χ0n) is 16.1. The second kappa shape index (κ2) is 8.62. The van der Waals surface area contributed by atoms with E-state index in [1.165, 1.54) is 36.3 Å². The number of aromatic nitrogens is 3. The molecule has 0 bridgehead atoms. The molecule has 2 aromatic heterocycles. The third-order valence-corrected chi connectivity index (χ3v) is 6.00. The van der Waals surface area contributed by atoms with E-state index >= 15 is 0 Å². The number of hydrogen-bond acceptors (Lipinski definition) is 8. The number of thiazole rings is 1. The summed E-state index contributed by atoms with van der Waals surface area (Å²) < 4.78 is 0. The monoisotopic (exact) mass is 410 g/mol. The van der Waals surface area contributed by atoms with Crippen molar-refractivity contribution in [2.75, 3.05) is 11.9 Å². The van der Waals surface area contributed by atoms with Crippen LogP contribution in [-0.4, -0.2) is 37.6 Å². The highest BCUT2D eigenvalue weighted by Crippen LogP contribution is 2.27. The molecule has 0 radical (unpaired) electrons. The van der Waals surface area contributed by atoms with Crippen LogP contribution in [0, 0.1) is 10.1 Å². The van der Waals surface area contributed by atoms with Gasteiger partial charge in [-0.2, -0.15) is 0 Å². The third kappa shape index (κ3) is 4.75. The highest BCUT2D eigenvalue weighted by Gasteiger charge is 2.19. The zero-order valence-corrected chi connectivity index (χ0v) is 16.9. The van der Waals surface area contributed by atoms with Gasteiger partial charge in [-0.15, -0.1) is 21.5 Å². The Kier molecular flexibility index (Phi) is 5.77. The number of anilines is 2. The maximum atomic E-state index is 10.9. The number of nitrogens with zero attached hydrogens (tertiary/aromatic N) is 5. The average Bonchev–Trinajstić information content (AvgIpc) is 3.17. The molecule has 4 rings (SSSR count). The van der Waals surface area contributed by atoms with Crippen LogP contribution < -0.4 is 5.32 Å². The van der Waals surface area contributed by atoms with Crippen LogP contribution in [-0.2, 0) is 6.54 Å². The van der Waals surface area contributed by atoms with Crippen LogP contribution in [0.1, 0.15) is 31.1 Å². The van der Waals surface area contributed by atoms with E-state index in [1.54, 1.807) is 35.6 Å². The van der Waals surface area contributed by atoms with E-state index < -0.39 is 4.92 Å². The maximum absolute atomic E-state index is 10.9. The maximum Gasteiger partial charge on any atom is 0.270 e. The van der Waals surface area contributed by atoms with Gasteiger partial charge in [-0.25, -0.2) is 4.98 Å². The molecule has 0 aliphatic carbocycles. The second-order valence-electron chi connectivity index (χ2n) is 7.18. The summed E-state index contributed by atoms with van der Waals surface area (Å²) in [5, 5.41) is 23.3. The van der Waals surface area contributed by atoms with Crippen LogP contribution in [0.3, 0.4) is 0 Å². The fourth-order valence-electron chi connectivity index (χ4n) is 3.47. The largest absolute Gasteiger partial charge is 0.315 e. The second-order valence-corrected chi connectivity index (χ2v) is 8.30. The SMILES string of the molecule is CC1CCCCN1Cc1cnc(Nc2ccc(-c3cccc([N+](=O)[O-])c3)nn2)s1. The molecule has 8 nitrogen and oxygen atoms in total. The minimum atomic E-state index is -0.419. The summed E-state index contributed by atoms with van der Waals surface area (Å²) in [6, 6.07) is 10.6. The number of hydrogen-bond donors (Lipinski definition) is 1. The normalized spacial score (nSPS) is 17.2. The first-order chi connectivity index (χ1) is 14.1.